The van der Waals surface area contributed by atoms with Crippen LogP contribution in [0.1, 0.15) is 21.5 Å². The zero-order valence-corrected chi connectivity index (χ0v) is 19.1. The summed E-state index contributed by atoms with van der Waals surface area (Å²) >= 11 is 6.14. The number of benzene rings is 3. The molecule has 5 rings (SSSR count). The first kappa shape index (κ1) is 21.4. The Morgan fingerprint density at radius 1 is 1.03 bits per heavy atom. The van der Waals surface area contributed by atoms with Crippen molar-refractivity contribution < 1.29 is 9.53 Å². The van der Waals surface area contributed by atoms with E-state index in [2.05, 4.69) is 22.0 Å². The minimum absolute atomic E-state index is 0.0549. The second-order valence-electron chi connectivity index (χ2n) is 8.24. The van der Waals surface area contributed by atoms with E-state index < -0.39 is 0 Å². The van der Waals surface area contributed by atoms with Crippen LogP contribution in [0.3, 0.4) is 0 Å². The number of ether oxygens (including phenoxy) is 1. The highest BCUT2D eigenvalue weighted by atomic mass is 35.5. The Morgan fingerprint density at radius 2 is 1.82 bits per heavy atom. The van der Waals surface area contributed by atoms with Gasteiger partial charge < -0.3 is 15.4 Å². The maximum atomic E-state index is 13.4. The van der Waals surface area contributed by atoms with Gasteiger partial charge in [0, 0.05) is 34.6 Å². The van der Waals surface area contributed by atoms with E-state index in [9.17, 15) is 4.79 Å². The van der Waals surface area contributed by atoms with Gasteiger partial charge in [0.15, 0.2) is 5.78 Å². The van der Waals surface area contributed by atoms with Gasteiger partial charge in [-0.3, -0.25) is 4.79 Å². The van der Waals surface area contributed by atoms with Crippen LogP contribution in [-0.4, -0.2) is 37.1 Å². The third kappa shape index (κ3) is 4.17. The van der Waals surface area contributed by atoms with E-state index >= 15 is 0 Å². The van der Waals surface area contributed by atoms with E-state index in [-0.39, 0.29) is 5.78 Å². The van der Waals surface area contributed by atoms with Gasteiger partial charge in [0.25, 0.3) is 0 Å². The molecule has 166 valence electrons. The molecule has 0 atom stereocenters. The number of ketones is 1. The number of pyridine rings is 1. The fourth-order valence-corrected chi connectivity index (χ4v) is 4.61. The number of hydrogen-bond donors (Lipinski definition) is 1. The van der Waals surface area contributed by atoms with Crippen LogP contribution in [-0.2, 0) is 4.74 Å². The van der Waals surface area contributed by atoms with Gasteiger partial charge in [0.1, 0.15) is 5.82 Å². The minimum Gasteiger partial charge on any atom is -0.382 e. The van der Waals surface area contributed by atoms with Crippen molar-refractivity contribution >= 4 is 39.8 Å². The van der Waals surface area contributed by atoms with Crippen LogP contribution in [0.25, 0.3) is 22.0 Å². The number of carbonyl (C=O) groups is 1. The van der Waals surface area contributed by atoms with Gasteiger partial charge in [-0.25, -0.2) is 4.98 Å². The summed E-state index contributed by atoms with van der Waals surface area (Å²) in [5, 5.41) is 1.52. The van der Waals surface area contributed by atoms with Gasteiger partial charge in [-0.05, 0) is 53.9 Å². The molecule has 2 heterocycles. The van der Waals surface area contributed by atoms with E-state index in [0.29, 0.717) is 35.2 Å². The van der Waals surface area contributed by atoms with Crippen LogP contribution < -0.4 is 10.6 Å². The van der Waals surface area contributed by atoms with E-state index in [1.165, 1.54) is 0 Å². The summed E-state index contributed by atoms with van der Waals surface area (Å²) in [5.74, 6) is 0.464. The average molecular weight is 458 g/mol. The van der Waals surface area contributed by atoms with Crippen LogP contribution in [0.4, 0.5) is 11.5 Å². The lowest BCUT2D eigenvalue weighted by molar-refractivity contribution is 0.103. The molecule has 1 fully saturated rings. The Kier molecular flexibility index (Phi) is 5.75. The minimum atomic E-state index is -0.0549. The molecule has 0 amide bonds. The molecule has 5 nitrogen and oxygen atoms in total. The third-order valence-electron chi connectivity index (χ3n) is 6.07. The molecule has 1 aromatic heterocycles. The summed E-state index contributed by atoms with van der Waals surface area (Å²) in [6.07, 6.45) is 0. The topological polar surface area (TPSA) is 68.5 Å². The first-order chi connectivity index (χ1) is 16.0. The zero-order valence-electron chi connectivity index (χ0n) is 18.3. The second-order valence-corrected chi connectivity index (χ2v) is 8.67. The Hall–Kier alpha value is -3.41. The number of carbonyl (C=O) groups excluding carboxylic acids is 1. The van der Waals surface area contributed by atoms with Crippen molar-refractivity contribution in [1.29, 1.82) is 0 Å². The predicted molar refractivity (Wildman–Crippen MR) is 134 cm³/mol. The highest BCUT2D eigenvalue weighted by Gasteiger charge is 2.19. The molecule has 6 heteroatoms. The molecule has 1 saturated heterocycles. The van der Waals surface area contributed by atoms with Crippen LogP contribution in [0.2, 0.25) is 5.02 Å². The third-order valence-corrected chi connectivity index (χ3v) is 6.30. The molecule has 1 aliphatic heterocycles. The molecular weight excluding hydrogens is 434 g/mol. The van der Waals surface area contributed by atoms with Crippen molar-refractivity contribution in [2.45, 2.75) is 6.92 Å². The number of halogens is 1. The van der Waals surface area contributed by atoms with Gasteiger partial charge in [0.2, 0.25) is 0 Å². The monoisotopic (exact) mass is 457 g/mol. The van der Waals surface area contributed by atoms with E-state index in [1.54, 1.807) is 24.3 Å². The number of nitrogens with two attached hydrogens (primary N) is 1. The SMILES string of the molecule is Cc1cccc(C(=O)c2cccc(Cl)c2)c1-c1ccc2nc(N)c(N3CCOCC3)cc2c1. The first-order valence-electron chi connectivity index (χ1n) is 10.9. The predicted octanol–water partition coefficient (Wildman–Crippen LogP) is 5.51. The molecule has 0 saturated carbocycles. The fraction of sp³-hybridized carbons (Fsp3) is 0.185. The Bertz CT molecular complexity index is 1360. The molecule has 0 spiro atoms. The van der Waals surface area contributed by atoms with Crippen molar-refractivity contribution in [2.75, 3.05) is 36.9 Å². The molecule has 33 heavy (non-hydrogen) atoms. The lowest BCUT2D eigenvalue weighted by Crippen LogP contribution is -2.36. The Morgan fingerprint density at radius 3 is 2.61 bits per heavy atom. The molecule has 1 aliphatic rings. The maximum absolute atomic E-state index is 13.4. The molecule has 0 radical (unpaired) electrons. The van der Waals surface area contributed by atoms with Gasteiger partial charge in [-0.15, -0.1) is 0 Å². The number of nitrogens with zero attached hydrogens (tertiary/aromatic N) is 2. The molecule has 0 bridgehead atoms. The summed E-state index contributed by atoms with van der Waals surface area (Å²) in [4.78, 5) is 20.3. The van der Waals surface area contributed by atoms with Crippen LogP contribution >= 0.6 is 11.6 Å². The average Bonchev–Trinajstić information content (AvgIpc) is 2.83. The molecule has 0 unspecified atom stereocenters. The van der Waals surface area contributed by atoms with Crippen LogP contribution in [0.5, 0.6) is 0 Å². The summed E-state index contributed by atoms with van der Waals surface area (Å²) < 4.78 is 5.47. The first-order valence-corrected chi connectivity index (χ1v) is 11.3. The summed E-state index contributed by atoms with van der Waals surface area (Å²) in [6, 6.07) is 21.0. The zero-order chi connectivity index (χ0) is 22.9. The Labute approximate surface area is 197 Å². The quantitative estimate of drug-likeness (QED) is 0.409. The highest BCUT2D eigenvalue weighted by molar-refractivity contribution is 6.31. The van der Waals surface area contributed by atoms with Crippen molar-refractivity contribution in [3.63, 3.8) is 0 Å². The van der Waals surface area contributed by atoms with Gasteiger partial charge >= 0.3 is 0 Å². The molecule has 4 aromatic rings. The molecule has 0 aliphatic carbocycles. The number of nitrogen functional groups attached to an aromatic ring is 1. The fourth-order valence-electron chi connectivity index (χ4n) is 4.42. The van der Waals surface area contributed by atoms with Crippen LogP contribution in [0.15, 0.2) is 66.7 Å². The van der Waals surface area contributed by atoms with E-state index in [1.807, 2.05) is 37.3 Å². The van der Waals surface area contributed by atoms with Crippen molar-refractivity contribution in [3.05, 3.63) is 88.4 Å². The molecule has 3 aromatic carbocycles. The van der Waals surface area contributed by atoms with E-state index in [4.69, 9.17) is 22.1 Å². The van der Waals surface area contributed by atoms with Crippen molar-refractivity contribution in [1.82, 2.24) is 4.98 Å². The number of morpholine rings is 1. The van der Waals surface area contributed by atoms with Gasteiger partial charge in [-0.1, -0.05) is 48.0 Å². The number of rotatable bonds is 4. The van der Waals surface area contributed by atoms with Gasteiger partial charge in [-0.2, -0.15) is 0 Å². The number of aryl methyl sites for hydroxylation is 1. The molecule has 2 N–H and O–H groups in total. The highest BCUT2D eigenvalue weighted by Crippen LogP contribution is 2.34. The Balaban J connectivity index is 1.62. The summed E-state index contributed by atoms with van der Waals surface area (Å²) in [5.41, 5.74) is 12.1. The second kappa shape index (κ2) is 8.85. The molecular formula is C27H24ClN3O2. The number of hydrogen-bond acceptors (Lipinski definition) is 5. The number of fused-ring (bicyclic) bond motifs is 1. The van der Waals surface area contributed by atoms with Crippen LogP contribution in [0, 0.1) is 6.92 Å². The lowest BCUT2D eigenvalue weighted by atomic mass is 9.90. The standard InChI is InChI=1S/C27H24ClN3O2/c1-17-4-2-7-22(26(32)19-5-3-6-21(28)15-19)25(17)18-8-9-23-20(14-18)16-24(27(29)30-23)31-10-12-33-13-11-31/h2-9,14-16H,10-13H2,1H3,(H2,29,30). The number of anilines is 2. The van der Waals surface area contributed by atoms with E-state index in [0.717, 1.165) is 46.4 Å². The summed E-state index contributed by atoms with van der Waals surface area (Å²) in [6.45, 7) is 4.94. The largest absolute Gasteiger partial charge is 0.382 e. The summed E-state index contributed by atoms with van der Waals surface area (Å²) in [7, 11) is 0. The lowest BCUT2D eigenvalue weighted by Gasteiger charge is -2.29. The normalized spacial score (nSPS) is 13.9. The van der Waals surface area contributed by atoms with Crippen molar-refractivity contribution in [3.8, 4) is 11.1 Å². The smallest absolute Gasteiger partial charge is 0.193 e. The number of aromatic nitrogens is 1. The van der Waals surface area contributed by atoms with Crippen molar-refractivity contribution in [2.24, 2.45) is 0 Å². The van der Waals surface area contributed by atoms with Gasteiger partial charge in [0.05, 0.1) is 24.4 Å². The maximum Gasteiger partial charge on any atom is 0.193 e.